The highest BCUT2D eigenvalue weighted by Crippen LogP contribution is 2.24. The van der Waals surface area contributed by atoms with Crippen LogP contribution in [0.1, 0.15) is 12.5 Å². The summed E-state index contributed by atoms with van der Waals surface area (Å²) in [5.74, 6) is 0.000780. The van der Waals surface area contributed by atoms with E-state index in [9.17, 15) is 10.1 Å². The summed E-state index contributed by atoms with van der Waals surface area (Å²) in [6.07, 6.45) is 0. The SMILES string of the molecule is CNCC1C(=O)NC(C)CN1c1ccccc1C#N. The third-order valence-electron chi connectivity index (χ3n) is 3.27. The smallest absolute Gasteiger partial charge is 0.244 e. The summed E-state index contributed by atoms with van der Waals surface area (Å²) >= 11 is 0. The van der Waals surface area contributed by atoms with Crippen LogP contribution in [0.25, 0.3) is 0 Å². The summed E-state index contributed by atoms with van der Waals surface area (Å²) in [5, 5.41) is 15.2. The van der Waals surface area contributed by atoms with E-state index in [0.29, 0.717) is 18.7 Å². The van der Waals surface area contributed by atoms with Gasteiger partial charge in [0, 0.05) is 19.1 Å². The molecule has 1 heterocycles. The minimum Gasteiger partial charge on any atom is -0.355 e. The maximum absolute atomic E-state index is 12.1. The Morgan fingerprint density at radius 3 is 2.95 bits per heavy atom. The molecule has 2 unspecified atom stereocenters. The van der Waals surface area contributed by atoms with Crippen LogP contribution in [0.4, 0.5) is 5.69 Å². The minimum atomic E-state index is -0.282. The van der Waals surface area contributed by atoms with Gasteiger partial charge in [-0.1, -0.05) is 12.1 Å². The van der Waals surface area contributed by atoms with E-state index in [4.69, 9.17) is 0 Å². The molecule has 0 aromatic heterocycles. The van der Waals surface area contributed by atoms with Crippen LogP contribution in [0.3, 0.4) is 0 Å². The largest absolute Gasteiger partial charge is 0.355 e. The lowest BCUT2D eigenvalue weighted by Gasteiger charge is -2.40. The number of amides is 1. The van der Waals surface area contributed by atoms with Crippen molar-refractivity contribution in [1.29, 1.82) is 5.26 Å². The van der Waals surface area contributed by atoms with Crippen molar-refractivity contribution in [1.82, 2.24) is 10.6 Å². The molecule has 1 aliphatic heterocycles. The van der Waals surface area contributed by atoms with E-state index in [0.717, 1.165) is 5.69 Å². The van der Waals surface area contributed by atoms with Crippen LogP contribution in [0.5, 0.6) is 0 Å². The third kappa shape index (κ3) is 2.69. The second kappa shape index (κ2) is 5.72. The van der Waals surface area contributed by atoms with E-state index in [-0.39, 0.29) is 18.0 Å². The molecular weight excluding hydrogens is 240 g/mol. The number of hydrogen-bond donors (Lipinski definition) is 2. The summed E-state index contributed by atoms with van der Waals surface area (Å²) in [5.41, 5.74) is 1.43. The van der Waals surface area contributed by atoms with Gasteiger partial charge in [-0.15, -0.1) is 0 Å². The molecule has 1 aliphatic rings. The number of para-hydroxylation sites is 1. The number of nitrogens with one attached hydrogen (secondary N) is 2. The standard InChI is InChI=1S/C14H18N4O/c1-10-9-18(13(8-16-2)14(19)17-10)12-6-4-3-5-11(12)7-15/h3-6,10,13,16H,8-9H2,1-2H3,(H,17,19). The highest BCUT2D eigenvalue weighted by Gasteiger charge is 2.33. The number of nitriles is 1. The molecule has 0 radical (unpaired) electrons. The van der Waals surface area contributed by atoms with Crippen LogP contribution >= 0.6 is 0 Å². The number of nitrogens with zero attached hydrogens (tertiary/aromatic N) is 2. The zero-order chi connectivity index (χ0) is 13.8. The van der Waals surface area contributed by atoms with Crippen LogP contribution in [-0.4, -0.2) is 38.1 Å². The van der Waals surface area contributed by atoms with Crippen molar-refractivity contribution in [3.05, 3.63) is 29.8 Å². The fourth-order valence-electron chi connectivity index (χ4n) is 2.43. The summed E-state index contributed by atoms with van der Waals surface area (Å²) in [6.45, 7) is 3.23. The van der Waals surface area contributed by atoms with Crippen LogP contribution in [0.2, 0.25) is 0 Å². The van der Waals surface area contributed by atoms with Crippen molar-refractivity contribution in [3.8, 4) is 6.07 Å². The van der Waals surface area contributed by atoms with Gasteiger partial charge in [0.05, 0.1) is 11.3 Å². The Kier molecular flexibility index (Phi) is 4.03. The first-order valence-electron chi connectivity index (χ1n) is 6.38. The minimum absolute atomic E-state index is 0.000780. The first-order chi connectivity index (χ1) is 9.17. The zero-order valence-electron chi connectivity index (χ0n) is 11.2. The molecule has 5 heteroatoms. The van der Waals surface area contributed by atoms with Gasteiger partial charge in [0.15, 0.2) is 0 Å². The average molecular weight is 258 g/mol. The second-order valence-corrected chi connectivity index (χ2v) is 4.76. The maximum Gasteiger partial charge on any atom is 0.244 e. The second-order valence-electron chi connectivity index (χ2n) is 4.76. The molecule has 2 rings (SSSR count). The maximum atomic E-state index is 12.1. The highest BCUT2D eigenvalue weighted by atomic mass is 16.2. The molecule has 1 saturated heterocycles. The number of piperazine rings is 1. The van der Waals surface area contributed by atoms with Crippen LogP contribution in [-0.2, 0) is 4.79 Å². The van der Waals surface area contributed by atoms with Gasteiger partial charge in [0.25, 0.3) is 0 Å². The van der Waals surface area contributed by atoms with E-state index >= 15 is 0 Å². The fraction of sp³-hybridized carbons (Fsp3) is 0.429. The van der Waals surface area contributed by atoms with Crippen molar-refractivity contribution in [3.63, 3.8) is 0 Å². The van der Waals surface area contributed by atoms with E-state index in [1.54, 1.807) is 6.07 Å². The van der Waals surface area contributed by atoms with Crippen LogP contribution in [0, 0.1) is 11.3 Å². The highest BCUT2D eigenvalue weighted by molar-refractivity contribution is 5.87. The lowest BCUT2D eigenvalue weighted by molar-refractivity contribution is -0.124. The molecule has 19 heavy (non-hydrogen) atoms. The summed E-state index contributed by atoms with van der Waals surface area (Å²) < 4.78 is 0. The first kappa shape index (κ1) is 13.4. The molecule has 1 aromatic carbocycles. The Bertz CT molecular complexity index is 508. The van der Waals surface area contributed by atoms with Crippen molar-refractivity contribution in [2.75, 3.05) is 25.0 Å². The third-order valence-corrected chi connectivity index (χ3v) is 3.27. The van der Waals surface area contributed by atoms with Crippen molar-refractivity contribution in [2.24, 2.45) is 0 Å². The average Bonchev–Trinajstić information content (AvgIpc) is 2.41. The normalized spacial score (nSPS) is 22.8. The van der Waals surface area contributed by atoms with Gasteiger partial charge in [-0.3, -0.25) is 4.79 Å². The molecule has 0 aliphatic carbocycles. The first-order valence-corrected chi connectivity index (χ1v) is 6.38. The van der Waals surface area contributed by atoms with E-state index in [2.05, 4.69) is 16.7 Å². The molecule has 2 atom stereocenters. The zero-order valence-corrected chi connectivity index (χ0v) is 11.2. The molecule has 0 saturated carbocycles. The molecule has 1 amide bonds. The van der Waals surface area contributed by atoms with Crippen molar-refractivity contribution < 1.29 is 4.79 Å². The number of hydrogen-bond acceptors (Lipinski definition) is 4. The molecule has 0 bridgehead atoms. The Morgan fingerprint density at radius 1 is 1.53 bits per heavy atom. The van der Waals surface area contributed by atoms with Gasteiger partial charge in [0.2, 0.25) is 5.91 Å². The molecular formula is C14H18N4O. The number of carbonyl (C=O) groups is 1. The van der Waals surface area contributed by atoms with Crippen LogP contribution < -0.4 is 15.5 Å². The van der Waals surface area contributed by atoms with Crippen molar-refractivity contribution >= 4 is 11.6 Å². The Labute approximate surface area is 113 Å². The Morgan fingerprint density at radius 2 is 2.26 bits per heavy atom. The molecule has 1 aromatic rings. The van der Waals surface area contributed by atoms with E-state index in [1.807, 2.05) is 37.1 Å². The molecule has 1 fully saturated rings. The fourth-order valence-corrected chi connectivity index (χ4v) is 2.43. The number of benzene rings is 1. The number of rotatable bonds is 3. The number of likely N-dealkylation sites (N-methyl/N-ethyl adjacent to an activating group) is 1. The van der Waals surface area contributed by atoms with Gasteiger partial charge in [-0.05, 0) is 26.1 Å². The number of carbonyl (C=O) groups excluding carboxylic acids is 1. The quantitative estimate of drug-likeness (QED) is 0.827. The molecule has 2 N–H and O–H groups in total. The predicted octanol–water partition coefficient (Wildman–Crippen LogP) is 0.471. The van der Waals surface area contributed by atoms with Crippen molar-refractivity contribution in [2.45, 2.75) is 19.0 Å². The topological polar surface area (TPSA) is 68.2 Å². The van der Waals surface area contributed by atoms with E-state index < -0.39 is 0 Å². The Balaban J connectivity index is 2.38. The summed E-state index contributed by atoms with van der Waals surface area (Å²) in [6, 6.07) is 9.39. The lowest BCUT2D eigenvalue weighted by atomic mass is 10.0. The predicted molar refractivity (Wildman–Crippen MR) is 73.8 cm³/mol. The van der Waals surface area contributed by atoms with Gasteiger partial charge >= 0.3 is 0 Å². The number of anilines is 1. The molecule has 5 nitrogen and oxygen atoms in total. The molecule has 0 spiro atoms. The monoisotopic (exact) mass is 258 g/mol. The molecule has 100 valence electrons. The Hall–Kier alpha value is -2.06. The summed E-state index contributed by atoms with van der Waals surface area (Å²) in [7, 11) is 1.82. The van der Waals surface area contributed by atoms with Gasteiger partial charge in [-0.2, -0.15) is 5.26 Å². The summed E-state index contributed by atoms with van der Waals surface area (Å²) in [4.78, 5) is 14.1. The van der Waals surface area contributed by atoms with E-state index in [1.165, 1.54) is 0 Å². The van der Waals surface area contributed by atoms with Gasteiger partial charge in [-0.25, -0.2) is 0 Å². The van der Waals surface area contributed by atoms with Gasteiger partial charge < -0.3 is 15.5 Å². The van der Waals surface area contributed by atoms with Crippen LogP contribution in [0.15, 0.2) is 24.3 Å². The van der Waals surface area contributed by atoms with Gasteiger partial charge in [0.1, 0.15) is 12.1 Å². The lowest BCUT2D eigenvalue weighted by Crippen LogP contribution is -2.62.